The van der Waals surface area contributed by atoms with Gasteiger partial charge in [0.2, 0.25) is 5.95 Å². The van der Waals surface area contributed by atoms with E-state index >= 15 is 0 Å². The van der Waals surface area contributed by atoms with Gasteiger partial charge in [-0.3, -0.25) is 4.90 Å². The molecule has 1 aromatic heterocycles. The zero-order valence-electron chi connectivity index (χ0n) is 20.1. The molecular formula is C27H34N6O. The minimum absolute atomic E-state index is 0.341. The van der Waals surface area contributed by atoms with Crippen LogP contribution in [0, 0.1) is 0 Å². The highest BCUT2D eigenvalue weighted by molar-refractivity contribution is 5.63. The first kappa shape index (κ1) is 22.8. The van der Waals surface area contributed by atoms with Crippen LogP contribution < -0.4 is 15.4 Å². The third kappa shape index (κ3) is 5.38. The molecule has 0 spiro atoms. The first-order valence-corrected chi connectivity index (χ1v) is 12.2. The SMILES string of the molecule is COc1ccc(-c2cnc(Nc3cccc(C4CN(C5CCN(C)CC5)CCN4)c3)nc2)cc1. The summed E-state index contributed by atoms with van der Waals surface area (Å²) < 4.78 is 5.23. The second-order valence-corrected chi connectivity index (χ2v) is 9.31. The van der Waals surface area contributed by atoms with E-state index in [9.17, 15) is 0 Å². The van der Waals surface area contributed by atoms with Gasteiger partial charge in [0, 0.05) is 55.4 Å². The van der Waals surface area contributed by atoms with E-state index in [4.69, 9.17) is 4.74 Å². The molecule has 2 aliphatic rings. The van der Waals surface area contributed by atoms with E-state index < -0.39 is 0 Å². The second kappa shape index (κ2) is 10.5. The Balaban J connectivity index is 1.23. The van der Waals surface area contributed by atoms with Crippen LogP contribution in [0.1, 0.15) is 24.4 Å². The summed E-state index contributed by atoms with van der Waals surface area (Å²) in [4.78, 5) is 14.2. The number of methoxy groups -OCH3 is 1. The van der Waals surface area contributed by atoms with E-state index in [1.165, 1.54) is 31.5 Å². The quantitative estimate of drug-likeness (QED) is 0.580. The molecule has 1 atom stereocenters. The highest BCUT2D eigenvalue weighted by Crippen LogP contribution is 2.26. The van der Waals surface area contributed by atoms with Gasteiger partial charge in [0.25, 0.3) is 0 Å². The fourth-order valence-corrected chi connectivity index (χ4v) is 4.98. The Bertz CT molecular complexity index is 1060. The molecule has 2 fully saturated rings. The first-order valence-electron chi connectivity index (χ1n) is 12.2. The van der Waals surface area contributed by atoms with E-state index in [2.05, 4.69) is 61.7 Å². The summed E-state index contributed by atoms with van der Waals surface area (Å²) >= 11 is 0. The molecule has 1 unspecified atom stereocenters. The maximum absolute atomic E-state index is 5.23. The Labute approximate surface area is 202 Å². The van der Waals surface area contributed by atoms with Gasteiger partial charge in [-0.1, -0.05) is 24.3 Å². The maximum Gasteiger partial charge on any atom is 0.227 e. The number of benzene rings is 2. The fraction of sp³-hybridized carbons (Fsp3) is 0.407. The lowest BCUT2D eigenvalue weighted by atomic mass is 9.98. The Morgan fingerprint density at radius 3 is 2.47 bits per heavy atom. The number of likely N-dealkylation sites (tertiary alicyclic amines) is 1. The number of anilines is 2. The molecule has 2 aliphatic heterocycles. The molecule has 2 aromatic carbocycles. The smallest absolute Gasteiger partial charge is 0.227 e. The number of aromatic nitrogens is 2. The van der Waals surface area contributed by atoms with Crippen molar-refractivity contribution in [3.05, 3.63) is 66.5 Å². The molecule has 34 heavy (non-hydrogen) atoms. The third-order valence-electron chi connectivity index (χ3n) is 7.03. The summed E-state index contributed by atoms with van der Waals surface area (Å²) in [6.07, 6.45) is 6.25. The zero-order chi connectivity index (χ0) is 23.3. The summed E-state index contributed by atoms with van der Waals surface area (Å²) in [6, 6.07) is 17.6. The van der Waals surface area contributed by atoms with Crippen molar-refractivity contribution in [1.82, 2.24) is 25.1 Å². The van der Waals surface area contributed by atoms with Crippen molar-refractivity contribution in [3.8, 4) is 16.9 Å². The van der Waals surface area contributed by atoms with Crippen molar-refractivity contribution in [2.75, 3.05) is 52.2 Å². The molecule has 0 radical (unpaired) electrons. The highest BCUT2D eigenvalue weighted by Gasteiger charge is 2.28. The summed E-state index contributed by atoms with van der Waals surface area (Å²) in [5, 5.41) is 7.09. The first-order chi connectivity index (χ1) is 16.7. The van der Waals surface area contributed by atoms with E-state index in [-0.39, 0.29) is 0 Å². The van der Waals surface area contributed by atoms with E-state index in [0.717, 1.165) is 42.2 Å². The monoisotopic (exact) mass is 458 g/mol. The minimum Gasteiger partial charge on any atom is -0.497 e. The van der Waals surface area contributed by atoms with Gasteiger partial charge in [-0.25, -0.2) is 9.97 Å². The Morgan fingerprint density at radius 2 is 1.74 bits per heavy atom. The molecule has 3 aromatic rings. The number of piperidine rings is 1. The molecule has 0 amide bonds. The number of nitrogens with zero attached hydrogens (tertiary/aromatic N) is 4. The van der Waals surface area contributed by atoms with E-state index in [1.54, 1.807) is 7.11 Å². The van der Waals surface area contributed by atoms with Crippen molar-refractivity contribution in [2.24, 2.45) is 0 Å². The highest BCUT2D eigenvalue weighted by atomic mass is 16.5. The topological polar surface area (TPSA) is 65.6 Å². The standard InChI is InChI=1S/C27H34N6O/c1-32-13-10-24(11-14-32)33-15-12-28-26(19-33)21-4-3-5-23(16-21)31-27-29-17-22(18-30-27)20-6-8-25(34-2)9-7-20/h3-9,16-18,24,26,28H,10-15,19H2,1-2H3,(H,29,30,31). The van der Waals surface area contributed by atoms with Gasteiger partial charge in [0.15, 0.2) is 0 Å². The Morgan fingerprint density at radius 1 is 0.971 bits per heavy atom. The fourth-order valence-electron chi connectivity index (χ4n) is 4.98. The van der Waals surface area contributed by atoms with Crippen molar-refractivity contribution >= 4 is 11.6 Å². The Hall–Kier alpha value is -3.00. The van der Waals surface area contributed by atoms with Crippen molar-refractivity contribution in [1.29, 1.82) is 0 Å². The van der Waals surface area contributed by atoms with Crippen LogP contribution in [0.5, 0.6) is 5.75 Å². The van der Waals surface area contributed by atoms with Gasteiger partial charge < -0.3 is 20.3 Å². The predicted octanol–water partition coefficient (Wildman–Crippen LogP) is 3.94. The molecular weight excluding hydrogens is 424 g/mol. The Kier molecular flexibility index (Phi) is 7.04. The number of rotatable bonds is 6. The average Bonchev–Trinajstić information content (AvgIpc) is 2.90. The normalized spacial score (nSPS) is 20.2. The lowest BCUT2D eigenvalue weighted by Crippen LogP contribution is -2.52. The summed E-state index contributed by atoms with van der Waals surface area (Å²) in [6.45, 7) is 5.64. The molecule has 0 bridgehead atoms. The minimum atomic E-state index is 0.341. The average molecular weight is 459 g/mol. The van der Waals surface area contributed by atoms with Crippen LogP contribution in [0.25, 0.3) is 11.1 Å². The largest absolute Gasteiger partial charge is 0.497 e. The van der Waals surface area contributed by atoms with Crippen LogP contribution in [0.4, 0.5) is 11.6 Å². The molecule has 3 heterocycles. The molecule has 5 rings (SSSR count). The molecule has 2 saturated heterocycles. The van der Waals surface area contributed by atoms with Crippen molar-refractivity contribution in [2.45, 2.75) is 24.9 Å². The number of ether oxygens (including phenoxy) is 1. The number of piperazine rings is 1. The van der Waals surface area contributed by atoms with Crippen LogP contribution in [0.3, 0.4) is 0 Å². The molecule has 0 saturated carbocycles. The molecule has 7 heteroatoms. The molecule has 2 N–H and O–H groups in total. The summed E-state index contributed by atoms with van der Waals surface area (Å²) in [5.41, 5.74) is 4.35. The zero-order valence-corrected chi connectivity index (χ0v) is 20.1. The maximum atomic E-state index is 5.23. The second-order valence-electron chi connectivity index (χ2n) is 9.31. The van der Waals surface area contributed by atoms with Crippen LogP contribution in [-0.4, -0.2) is 72.7 Å². The van der Waals surface area contributed by atoms with Gasteiger partial charge in [-0.05, 0) is 68.4 Å². The van der Waals surface area contributed by atoms with Gasteiger partial charge in [-0.15, -0.1) is 0 Å². The van der Waals surface area contributed by atoms with E-state index in [1.807, 2.05) is 36.7 Å². The van der Waals surface area contributed by atoms with Crippen LogP contribution in [0.15, 0.2) is 60.9 Å². The van der Waals surface area contributed by atoms with Gasteiger partial charge in [-0.2, -0.15) is 0 Å². The molecule has 7 nitrogen and oxygen atoms in total. The lowest BCUT2D eigenvalue weighted by molar-refractivity contribution is 0.0919. The molecule has 0 aliphatic carbocycles. The van der Waals surface area contributed by atoms with E-state index in [0.29, 0.717) is 18.0 Å². The van der Waals surface area contributed by atoms with Gasteiger partial charge >= 0.3 is 0 Å². The van der Waals surface area contributed by atoms with Crippen LogP contribution >= 0.6 is 0 Å². The predicted molar refractivity (Wildman–Crippen MR) is 137 cm³/mol. The summed E-state index contributed by atoms with van der Waals surface area (Å²) in [5.74, 6) is 1.43. The van der Waals surface area contributed by atoms with Crippen molar-refractivity contribution in [3.63, 3.8) is 0 Å². The third-order valence-corrected chi connectivity index (χ3v) is 7.03. The number of hydrogen-bond acceptors (Lipinski definition) is 7. The van der Waals surface area contributed by atoms with Crippen LogP contribution in [0.2, 0.25) is 0 Å². The summed E-state index contributed by atoms with van der Waals surface area (Å²) in [7, 11) is 3.90. The van der Waals surface area contributed by atoms with Gasteiger partial charge in [0.05, 0.1) is 7.11 Å². The van der Waals surface area contributed by atoms with Crippen molar-refractivity contribution < 1.29 is 4.74 Å². The molecule has 178 valence electrons. The number of nitrogens with one attached hydrogen (secondary N) is 2. The number of hydrogen-bond donors (Lipinski definition) is 2. The van der Waals surface area contributed by atoms with Crippen LogP contribution in [-0.2, 0) is 0 Å². The van der Waals surface area contributed by atoms with Gasteiger partial charge in [0.1, 0.15) is 5.75 Å². The lowest BCUT2D eigenvalue weighted by Gasteiger charge is -2.42.